The maximum Gasteiger partial charge on any atom is -0.00516 e. The number of hydrogen-bond donors (Lipinski definition) is 1. The summed E-state index contributed by atoms with van der Waals surface area (Å²) in [5, 5.41) is 0. The van der Waals surface area contributed by atoms with Gasteiger partial charge in [-0.05, 0) is 12.5 Å². The summed E-state index contributed by atoms with van der Waals surface area (Å²) in [6.07, 6.45) is 1.20. The minimum absolute atomic E-state index is 0.713. The first kappa shape index (κ1) is 10.9. The van der Waals surface area contributed by atoms with Crippen LogP contribution in [-0.4, -0.2) is 6.54 Å². The van der Waals surface area contributed by atoms with Crippen LogP contribution in [0.1, 0.15) is 34.1 Å². The molecule has 8 heavy (non-hydrogen) atoms. The molecule has 0 spiro atoms. The van der Waals surface area contributed by atoms with E-state index in [0.717, 1.165) is 6.54 Å². The minimum atomic E-state index is 0.713. The molecule has 0 aromatic heterocycles. The van der Waals surface area contributed by atoms with E-state index in [1.807, 2.05) is 13.8 Å². The van der Waals surface area contributed by atoms with Gasteiger partial charge in [-0.2, -0.15) is 0 Å². The van der Waals surface area contributed by atoms with E-state index in [1.165, 1.54) is 6.42 Å². The van der Waals surface area contributed by atoms with E-state index in [4.69, 9.17) is 5.73 Å². The fourth-order valence-corrected chi connectivity index (χ4v) is 0.167. The van der Waals surface area contributed by atoms with Gasteiger partial charge >= 0.3 is 0 Å². The van der Waals surface area contributed by atoms with Crippen LogP contribution in [0.15, 0.2) is 0 Å². The fraction of sp³-hybridized carbons (Fsp3) is 1.00. The zero-order valence-electron chi connectivity index (χ0n) is 6.57. The highest BCUT2D eigenvalue weighted by atomic mass is 14.5. The lowest BCUT2D eigenvalue weighted by Crippen LogP contribution is -2.08. The van der Waals surface area contributed by atoms with Gasteiger partial charge in [0, 0.05) is 0 Å². The first-order valence-electron chi connectivity index (χ1n) is 3.51. The van der Waals surface area contributed by atoms with Crippen LogP contribution in [0.25, 0.3) is 0 Å². The van der Waals surface area contributed by atoms with E-state index in [9.17, 15) is 0 Å². The summed E-state index contributed by atoms with van der Waals surface area (Å²) < 4.78 is 0. The smallest absolute Gasteiger partial charge is 0.00516 e. The molecular formula is C7H19N. The highest BCUT2D eigenvalue weighted by Gasteiger charge is 1.88. The van der Waals surface area contributed by atoms with Crippen molar-refractivity contribution in [1.29, 1.82) is 0 Å². The lowest BCUT2D eigenvalue weighted by molar-refractivity contribution is 0.576. The summed E-state index contributed by atoms with van der Waals surface area (Å²) in [6, 6.07) is 0. The van der Waals surface area contributed by atoms with Gasteiger partial charge in [0.05, 0.1) is 0 Å². The molecule has 1 atom stereocenters. The molecule has 0 unspecified atom stereocenters. The first-order chi connectivity index (χ1) is 3.81. The van der Waals surface area contributed by atoms with Gasteiger partial charge < -0.3 is 5.73 Å². The lowest BCUT2D eigenvalue weighted by atomic mass is 10.1. The molecule has 0 radical (unpaired) electrons. The van der Waals surface area contributed by atoms with Gasteiger partial charge in [-0.15, -0.1) is 0 Å². The van der Waals surface area contributed by atoms with Crippen LogP contribution in [0.4, 0.5) is 0 Å². The Morgan fingerprint density at radius 3 is 1.75 bits per heavy atom. The fourth-order valence-electron chi connectivity index (χ4n) is 0.167. The average Bonchev–Trinajstić information content (AvgIpc) is 1.91. The molecular weight excluding hydrogens is 98.1 g/mol. The molecule has 0 aromatic rings. The summed E-state index contributed by atoms with van der Waals surface area (Å²) in [4.78, 5) is 0. The zero-order chi connectivity index (χ0) is 6.99. The van der Waals surface area contributed by atoms with Crippen LogP contribution < -0.4 is 5.73 Å². The van der Waals surface area contributed by atoms with Crippen molar-refractivity contribution in [3.8, 4) is 0 Å². The largest absolute Gasteiger partial charge is 0.330 e. The second-order valence-electron chi connectivity index (χ2n) is 1.75. The Labute approximate surface area is 53.3 Å². The molecule has 0 saturated carbocycles. The molecule has 1 heteroatoms. The lowest BCUT2D eigenvalue weighted by Gasteiger charge is -1.98. The SMILES string of the molecule is CC.CC[C@H](C)CN. The van der Waals surface area contributed by atoms with E-state index < -0.39 is 0 Å². The molecule has 0 bridgehead atoms. The van der Waals surface area contributed by atoms with Crippen molar-refractivity contribution in [3.05, 3.63) is 0 Å². The highest BCUT2D eigenvalue weighted by molar-refractivity contribution is 4.45. The summed E-state index contributed by atoms with van der Waals surface area (Å²) in [6.45, 7) is 9.13. The molecule has 0 saturated heterocycles. The molecule has 0 fully saturated rings. The van der Waals surface area contributed by atoms with Crippen LogP contribution >= 0.6 is 0 Å². The molecule has 0 rings (SSSR count). The van der Waals surface area contributed by atoms with Crippen molar-refractivity contribution in [1.82, 2.24) is 0 Å². The molecule has 0 aromatic carbocycles. The van der Waals surface area contributed by atoms with Crippen molar-refractivity contribution in [2.75, 3.05) is 6.54 Å². The second-order valence-corrected chi connectivity index (χ2v) is 1.75. The predicted molar refractivity (Wildman–Crippen MR) is 39.9 cm³/mol. The standard InChI is InChI=1S/C5H13N.C2H6/c1-3-5(2)4-6;1-2/h5H,3-4,6H2,1-2H3;1-2H3/t5-;/m0./s1. The van der Waals surface area contributed by atoms with Crippen molar-refractivity contribution in [3.63, 3.8) is 0 Å². The Balaban J connectivity index is 0. The van der Waals surface area contributed by atoms with Gasteiger partial charge in [-0.3, -0.25) is 0 Å². The molecule has 1 nitrogen and oxygen atoms in total. The Kier molecular flexibility index (Phi) is 13.6. The van der Waals surface area contributed by atoms with Gasteiger partial charge in [0.25, 0.3) is 0 Å². The normalized spacial score (nSPS) is 11.6. The molecule has 0 heterocycles. The molecule has 0 aliphatic heterocycles. The second kappa shape index (κ2) is 10.0. The van der Waals surface area contributed by atoms with Crippen LogP contribution in [0.5, 0.6) is 0 Å². The summed E-state index contributed by atoms with van der Waals surface area (Å²) >= 11 is 0. The van der Waals surface area contributed by atoms with Gasteiger partial charge in [0.1, 0.15) is 0 Å². The zero-order valence-corrected chi connectivity index (χ0v) is 6.57. The van der Waals surface area contributed by atoms with Crippen molar-refractivity contribution in [2.24, 2.45) is 11.7 Å². The van der Waals surface area contributed by atoms with E-state index in [0.29, 0.717) is 5.92 Å². The van der Waals surface area contributed by atoms with Gasteiger partial charge in [0.15, 0.2) is 0 Å². The van der Waals surface area contributed by atoms with E-state index >= 15 is 0 Å². The van der Waals surface area contributed by atoms with Crippen molar-refractivity contribution < 1.29 is 0 Å². The average molecular weight is 117 g/mol. The maximum absolute atomic E-state index is 5.28. The van der Waals surface area contributed by atoms with Gasteiger partial charge in [-0.1, -0.05) is 34.1 Å². The van der Waals surface area contributed by atoms with E-state index in [1.54, 1.807) is 0 Å². The number of hydrogen-bond acceptors (Lipinski definition) is 1. The number of rotatable bonds is 2. The van der Waals surface area contributed by atoms with Gasteiger partial charge in [0.2, 0.25) is 0 Å². The Morgan fingerprint density at radius 2 is 1.75 bits per heavy atom. The molecule has 52 valence electrons. The van der Waals surface area contributed by atoms with Crippen LogP contribution in [-0.2, 0) is 0 Å². The summed E-state index contributed by atoms with van der Waals surface area (Å²) in [5.41, 5.74) is 5.28. The van der Waals surface area contributed by atoms with Crippen LogP contribution in [0.3, 0.4) is 0 Å². The Morgan fingerprint density at radius 1 is 1.38 bits per heavy atom. The minimum Gasteiger partial charge on any atom is -0.330 e. The predicted octanol–water partition coefficient (Wildman–Crippen LogP) is 2.02. The monoisotopic (exact) mass is 117 g/mol. The van der Waals surface area contributed by atoms with E-state index in [-0.39, 0.29) is 0 Å². The third-order valence-electron chi connectivity index (χ3n) is 1.10. The highest BCUT2D eigenvalue weighted by Crippen LogP contribution is 1.93. The Hall–Kier alpha value is -0.0400. The van der Waals surface area contributed by atoms with Gasteiger partial charge in [-0.25, -0.2) is 0 Å². The summed E-state index contributed by atoms with van der Waals surface area (Å²) in [5.74, 6) is 0.713. The maximum atomic E-state index is 5.28. The first-order valence-corrected chi connectivity index (χ1v) is 3.51. The van der Waals surface area contributed by atoms with Crippen molar-refractivity contribution in [2.45, 2.75) is 34.1 Å². The third kappa shape index (κ3) is 9.35. The van der Waals surface area contributed by atoms with E-state index in [2.05, 4.69) is 13.8 Å². The topological polar surface area (TPSA) is 26.0 Å². The molecule has 2 N–H and O–H groups in total. The summed E-state index contributed by atoms with van der Waals surface area (Å²) in [7, 11) is 0. The van der Waals surface area contributed by atoms with Crippen molar-refractivity contribution >= 4 is 0 Å². The number of nitrogens with two attached hydrogens (primary N) is 1. The quantitative estimate of drug-likeness (QED) is 0.588. The molecule has 0 amide bonds. The molecule has 0 aliphatic carbocycles. The Bertz CT molecular complexity index is 23.6. The van der Waals surface area contributed by atoms with Crippen LogP contribution in [0.2, 0.25) is 0 Å². The molecule has 0 aliphatic rings. The van der Waals surface area contributed by atoms with Crippen LogP contribution in [0, 0.1) is 5.92 Å². The third-order valence-corrected chi connectivity index (χ3v) is 1.10.